The molecule has 0 unspecified atom stereocenters. The molecule has 1 rings (SSSR count). The molecule has 0 fully saturated rings. The SMILES string of the molecule is C[C@@H](C(=O)O)N(C(=N)N)c1ccccn1. The van der Waals surface area contributed by atoms with E-state index >= 15 is 0 Å². The van der Waals surface area contributed by atoms with Crippen LogP contribution >= 0.6 is 0 Å². The monoisotopic (exact) mass is 208 g/mol. The summed E-state index contributed by atoms with van der Waals surface area (Å²) in [5.74, 6) is -1.06. The Morgan fingerprint density at radius 3 is 2.73 bits per heavy atom. The molecule has 6 nitrogen and oxygen atoms in total. The second kappa shape index (κ2) is 4.41. The number of hydrogen-bond donors (Lipinski definition) is 3. The normalized spacial score (nSPS) is 11.8. The van der Waals surface area contributed by atoms with Gasteiger partial charge in [0, 0.05) is 6.20 Å². The number of guanidine groups is 1. The average molecular weight is 208 g/mol. The van der Waals surface area contributed by atoms with Crippen molar-refractivity contribution < 1.29 is 9.90 Å². The van der Waals surface area contributed by atoms with E-state index in [4.69, 9.17) is 16.2 Å². The quantitative estimate of drug-likeness (QED) is 0.488. The number of carbonyl (C=O) groups is 1. The number of pyridine rings is 1. The molecule has 0 saturated heterocycles. The Hall–Kier alpha value is -2.11. The van der Waals surface area contributed by atoms with Gasteiger partial charge in [0.2, 0.25) is 0 Å². The number of hydrogen-bond acceptors (Lipinski definition) is 3. The van der Waals surface area contributed by atoms with Gasteiger partial charge in [-0.25, -0.2) is 9.78 Å². The van der Waals surface area contributed by atoms with Crippen molar-refractivity contribution >= 4 is 17.7 Å². The molecule has 0 aliphatic heterocycles. The first-order chi connectivity index (χ1) is 7.04. The minimum atomic E-state index is -1.06. The first kappa shape index (κ1) is 11.0. The fourth-order valence-corrected chi connectivity index (χ4v) is 1.14. The zero-order valence-corrected chi connectivity index (χ0v) is 8.21. The number of aliphatic carboxylic acids is 1. The summed E-state index contributed by atoms with van der Waals surface area (Å²) in [6.07, 6.45) is 1.51. The van der Waals surface area contributed by atoms with Crippen molar-refractivity contribution in [2.75, 3.05) is 4.90 Å². The third-order valence-corrected chi connectivity index (χ3v) is 1.90. The summed E-state index contributed by atoms with van der Waals surface area (Å²) in [7, 11) is 0. The van der Waals surface area contributed by atoms with Gasteiger partial charge in [-0.2, -0.15) is 0 Å². The van der Waals surface area contributed by atoms with E-state index in [1.54, 1.807) is 18.2 Å². The average Bonchev–Trinajstić information content (AvgIpc) is 2.18. The van der Waals surface area contributed by atoms with Gasteiger partial charge in [0.05, 0.1) is 0 Å². The summed E-state index contributed by atoms with van der Waals surface area (Å²) >= 11 is 0. The molecule has 15 heavy (non-hydrogen) atoms. The Labute approximate surface area is 86.9 Å². The third-order valence-electron chi connectivity index (χ3n) is 1.90. The fraction of sp³-hybridized carbons (Fsp3) is 0.222. The Morgan fingerprint density at radius 2 is 2.33 bits per heavy atom. The molecule has 0 saturated carbocycles. The van der Waals surface area contributed by atoms with Crippen LogP contribution in [0.3, 0.4) is 0 Å². The maximum Gasteiger partial charge on any atom is 0.326 e. The molecule has 4 N–H and O–H groups in total. The molecule has 1 aromatic rings. The van der Waals surface area contributed by atoms with Gasteiger partial charge in [-0.1, -0.05) is 6.07 Å². The lowest BCUT2D eigenvalue weighted by Gasteiger charge is -2.25. The summed E-state index contributed by atoms with van der Waals surface area (Å²) < 4.78 is 0. The number of nitrogens with two attached hydrogens (primary N) is 1. The number of nitrogens with one attached hydrogen (secondary N) is 1. The Balaban J connectivity index is 3.04. The van der Waals surface area contributed by atoms with Crippen molar-refractivity contribution in [3.8, 4) is 0 Å². The second-order valence-electron chi connectivity index (χ2n) is 2.96. The molecule has 1 aromatic heterocycles. The summed E-state index contributed by atoms with van der Waals surface area (Å²) in [6.45, 7) is 1.44. The lowest BCUT2D eigenvalue weighted by atomic mass is 10.3. The highest BCUT2D eigenvalue weighted by molar-refractivity contribution is 5.97. The van der Waals surface area contributed by atoms with Crippen LogP contribution in [0.15, 0.2) is 24.4 Å². The molecule has 0 bridgehead atoms. The molecule has 0 amide bonds. The topological polar surface area (TPSA) is 103 Å². The Kier molecular flexibility index (Phi) is 3.22. The van der Waals surface area contributed by atoms with Crippen LogP contribution in [-0.4, -0.2) is 28.1 Å². The predicted octanol–water partition coefficient (Wildman–Crippen LogP) is 0.255. The number of nitrogens with zero attached hydrogens (tertiary/aromatic N) is 2. The van der Waals surface area contributed by atoms with E-state index in [0.29, 0.717) is 5.82 Å². The Bertz CT molecular complexity index is 366. The Morgan fingerprint density at radius 1 is 1.67 bits per heavy atom. The largest absolute Gasteiger partial charge is 0.480 e. The zero-order valence-electron chi connectivity index (χ0n) is 8.21. The highest BCUT2D eigenvalue weighted by Gasteiger charge is 2.23. The molecule has 0 aromatic carbocycles. The first-order valence-electron chi connectivity index (χ1n) is 4.31. The summed E-state index contributed by atoms with van der Waals surface area (Å²) in [6, 6.07) is 4.08. The molecule has 1 heterocycles. The van der Waals surface area contributed by atoms with E-state index < -0.39 is 12.0 Å². The number of carboxylic acids is 1. The minimum absolute atomic E-state index is 0.344. The van der Waals surface area contributed by atoms with Gasteiger partial charge in [0.25, 0.3) is 0 Å². The molecule has 0 radical (unpaired) electrons. The first-order valence-corrected chi connectivity index (χ1v) is 4.31. The van der Waals surface area contributed by atoms with Crippen LogP contribution in [0, 0.1) is 5.41 Å². The van der Waals surface area contributed by atoms with Crippen molar-refractivity contribution in [1.82, 2.24) is 4.98 Å². The fourth-order valence-electron chi connectivity index (χ4n) is 1.14. The molecule has 80 valence electrons. The van der Waals surface area contributed by atoms with Crippen LogP contribution in [0.4, 0.5) is 5.82 Å². The van der Waals surface area contributed by atoms with Crippen LogP contribution in [0.25, 0.3) is 0 Å². The van der Waals surface area contributed by atoms with E-state index in [-0.39, 0.29) is 5.96 Å². The minimum Gasteiger partial charge on any atom is -0.480 e. The molecular formula is C9H12N4O2. The number of carboxylic acid groups (broad SMARTS) is 1. The van der Waals surface area contributed by atoms with E-state index in [1.165, 1.54) is 13.1 Å². The van der Waals surface area contributed by atoms with Crippen LogP contribution in [0.2, 0.25) is 0 Å². The van der Waals surface area contributed by atoms with E-state index in [2.05, 4.69) is 4.98 Å². The lowest BCUT2D eigenvalue weighted by molar-refractivity contribution is -0.137. The molecule has 0 aliphatic carbocycles. The van der Waals surface area contributed by atoms with Crippen LogP contribution < -0.4 is 10.6 Å². The number of aromatic nitrogens is 1. The van der Waals surface area contributed by atoms with Gasteiger partial charge in [-0.15, -0.1) is 0 Å². The zero-order chi connectivity index (χ0) is 11.4. The number of anilines is 1. The predicted molar refractivity (Wildman–Crippen MR) is 55.7 cm³/mol. The van der Waals surface area contributed by atoms with Crippen molar-refractivity contribution in [3.63, 3.8) is 0 Å². The summed E-state index contributed by atoms with van der Waals surface area (Å²) in [4.78, 5) is 15.9. The van der Waals surface area contributed by atoms with Crippen LogP contribution in [-0.2, 0) is 4.79 Å². The lowest BCUT2D eigenvalue weighted by Crippen LogP contribution is -2.47. The summed E-state index contributed by atoms with van der Waals surface area (Å²) in [5, 5.41) is 16.2. The molecular weight excluding hydrogens is 196 g/mol. The smallest absolute Gasteiger partial charge is 0.326 e. The van der Waals surface area contributed by atoms with Crippen LogP contribution in [0.1, 0.15) is 6.92 Å². The van der Waals surface area contributed by atoms with Crippen molar-refractivity contribution in [2.24, 2.45) is 5.73 Å². The van der Waals surface area contributed by atoms with Gasteiger partial charge >= 0.3 is 5.97 Å². The number of rotatable bonds is 3. The third kappa shape index (κ3) is 2.43. The van der Waals surface area contributed by atoms with E-state index in [9.17, 15) is 4.79 Å². The maximum absolute atomic E-state index is 10.8. The highest BCUT2D eigenvalue weighted by atomic mass is 16.4. The molecule has 0 aliphatic rings. The maximum atomic E-state index is 10.8. The van der Waals surface area contributed by atoms with E-state index in [1.807, 2.05) is 0 Å². The van der Waals surface area contributed by atoms with Gasteiger partial charge in [-0.3, -0.25) is 10.3 Å². The van der Waals surface area contributed by atoms with Crippen molar-refractivity contribution in [2.45, 2.75) is 13.0 Å². The van der Waals surface area contributed by atoms with Gasteiger partial charge in [0.1, 0.15) is 11.9 Å². The molecule has 6 heteroatoms. The summed E-state index contributed by atoms with van der Waals surface area (Å²) in [5.41, 5.74) is 5.31. The molecule has 0 spiro atoms. The van der Waals surface area contributed by atoms with Gasteiger partial charge < -0.3 is 10.8 Å². The standard InChI is InChI=1S/C9H12N4O2/c1-6(8(14)15)13(9(10)11)7-4-2-3-5-12-7/h2-6H,1H3,(H3,10,11)(H,14,15)/t6-/m0/s1. The molecule has 1 atom stereocenters. The highest BCUT2D eigenvalue weighted by Crippen LogP contribution is 2.12. The second-order valence-corrected chi connectivity index (χ2v) is 2.96. The van der Waals surface area contributed by atoms with Crippen molar-refractivity contribution in [3.05, 3.63) is 24.4 Å². The van der Waals surface area contributed by atoms with E-state index in [0.717, 1.165) is 4.90 Å². The van der Waals surface area contributed by atoms with Gasteiger partial charge in [0.15, 0.2) is 5.96 Å². The van der Waals surface area contributed by atoms with Crippen LogP contribution in [0.5, 0.6) is 0 Å². The van der Waals surface area contributed by atoms with Gasteiger partial charge in [-0.05, 0) is 19.1 Å². The van der Waals surface area contributed by atoms with Crippen molar-refractivity contribution in [1.29, 1.82) is 5.41 Å².